The molecule has 2 aromatic rings. The Kier molecular flexibility index (Phi) is 7.09. The van der Waals surface area contributed by atoms with E-state index in [1.807, 2.05) is 13.8 Å². The molecule has 0 amide bonds. The summed E-state index contributed by atoms with van der Waals surface area (Å²) in [7, 11) is -0.737. The molecule has 0 atom stereocenters. The summed E-state index contributed by atoms with van der Waals surface area (Å²) < 4.78 is 41.3. The molecule has 0 aliphatic carbocycles. The lowest BCUT2D eigenvalue weighted by Crippen LogP contribution is -2.18. The third kappa shape index (κ3) is 5.61. The quantitative estimate of drug-likeness (QED) is 0.484. The van der Waals surface area contributed by atoms with E-state index in [1.54, 1.807) is 24.3 Å². The first kappa shape index (κ1) is 21.0. The minimum absolute atomic E-state index is 0.0222. The van der Waals surface area contributed by atoms with Crippen LogP contribution < -0.4 is 19.0 Å². The highest BCUT2D eigenvalue weighted by Crippen LogP contribution is 2.37. The molecule has 146 valence electrons. The van der Waals surface area contributed by atoms with Crippen molar-refractivity contribution in [2.45, 2.75) is 24.8 Å². The van der Waals surface area contributed by atoms with Crippen molar-refractivity contribution in [2.24, 2.45) is 5.10 Å². The van der Waals surface area contributed by atoms with Gasteiger partial charge in [-0.1, -0.05) is 0 Å². The maximum atomic E-state index is 12.3. The summed E-state index contributed by atoms with van der Waals surface area (Å²) in [6, 6.07) is 9.46. The molecule has 7 nitrogen and oxygen atoms in total. The van der Waals surface area contributed by atoms with E-state index in [0.717, 1.165) is 0 Å². The van der Waals surface area contributed by atoms with Gasteiger partial charge in [0.25, 0.3) is 10.0 Å². The van der Waals surface area contributed by atoms with Gasteiger partial charge in [-0.2, -0.15) is 13.5 Å². The molecular weight excluding hydrogens is 436 g/mol. The number of rotatable bonds is 8. The Hall–Kier alpha value is -2.26. The Morgan fingerprint density at radius 2 is 1.78 bits per heavy atom. The van der Waals surface area contributed by atoms with Crippen molar-refractivity contribution in [3.63, 3.8) is 0 Å². The molecule has 27 heavy (non-hydrogen) atoms. The predicted octanol–water partition coefficient (Wildman–Crippen LogP) is 3.57. The monoisotopic (exact) mass is 456 g/mol. The maximum Gasteiger partial charge on any atom is 0.276 e. The van der Waals surface area contributed by atoms with Crippen LogP contribution in [-0.4, -0.2) is 35.0 Å². The van der Waals surface area contributed by atoms with Crippen LogP contribution in [0.5, 0.6) is 17.2 Å². The molecule has 0 saturated heterocycles. The van der Waals surface area contributed by atoms with E-state index >= 15 is 0 Å². The third-order valence-electron chi connectivity index (χ3n) is 3.36. The van der Waals surface area contributed by atoms with E-state index in [1.165, 1.54) is 32.6 Å². The van der Waals surface area contributed by atoms with Crippen LogP contribution in [0.25, 0.3) is 0 Å². The molecule has 0 saturated carbocycles. The van der Waals surface area contributed by atoms with Crippen LogP contribution in [0, 0.1) is 0 Å². The topological polar surface area (TPSA) is 86.2 Å². The number of hydrogen-bond acceptors (Lipinski definition) is 6. The fourth-order valence-corrected chi connectivity index (χ4v) is 3.49. The summed E-state index contributed by atoms with van der Waals surface area (Å²) in [5.41, 5.74) is 0.632. The van der Waals surface area contributed by atoms with Crippen molar-refractivity contribution < 1.29 is 22.6 Å². The Morgan fingerprint density at radius 3 is 2.33 bits per heavy atom. The second-order valence-electron chi connectivity index (χ2n) is 5.73. The molecule has 0 fully saturated rings. The first-order valence-corrected chi connectivity index (χ1v) is 10.3. The van der Waals surface area contributed by atoms with Crippen molar-refractivity contribution in [1.82, 2.24) is 4.83 Å². The highest BCUT2D eigenvalue weighted by Gasteiger charge is 2.14. The Morgan fingerprint density at radius 1 is 1.11 bits per heavy atom. The van der Waals surface area contributed by atoms with Crippen LogP contribution >= 0.6 is 15.9 Å². The molecule has 2 rings (SSSR count). The SMILES string of the molecule is COc1ccc(S(=O)(=O)N/N=C\c2cc(Br)c(OC(C)C)c(OC)c2)cc1. The third-order valence-corrected chi connectivity index (χ3v) is 5.19. The molecule has 0 spiro atoms. The molecule has 0 heterocycles. The van der Waals surface area contributed by atoms with Crippen molar-refractivity contribution in [2.75, 3.05) is 14.2 Å². The van der Waals surface area contributed by atoms with Gasteiger partial charge in [0.2, 0.25) is 0 Å². The average Bonchev–Trinajstić information content (AvgIpc) is 2.63. The second kappa shape index (κ2) is 9.09. The molecule has 0 bridgehead atoms. The van der Waals surface area contributed by atoms with Gasteiger partial charge in [0.1, 0.15) is 5.75 Å². The first-order chi connectivity index (χ1) is 12.8. The number of methoxy groups -OCH3 is 2. The van der Waals surface area contributed by atoms with E-state index in [0.29, 0.717) is 27.3 Å². The van der Waals surface area contributed by atoms with Crippen LogP contribution in [0.15, 0.2) is 50.9 Å². The van der Waals surface area contributed by atoms with Crippen molar-refractivity contribution >= 4 is 32.2 Å². The smallest absolute Gasteiger partial charge is 0.276 e. The van der Waals surface area contributed by atoms with Gasteiger partial charge in [-0.3, -0.25) is 0 Å². The molecule has 0 aliphatic heterocycles. The summed E-state index contributed by atoms with van der Waals surface area (Å²) in [4.78, 5) is 2.26. The minimum atomic E-state index is -3.78. The number of halogens is 1. The van der Waals surface area contributed by atoms with Gasteiger partial charge in [-0.05, 0) is 71.7 Å². The van der Waals surface area contributed by atoms with Gasteiger partial charge in [-0.25, -0.2) is 4.83 Å². The van der Waals surface area contributed by atoms with Crippen LogP contribution in [0.1, 0.15) is 19.4 Å². The normalized spacial score (nSPS) is 11.6. The van der Waals surface area contributed by atoms with E-state index in [-0.39, 0.29) is 11.0 Å². The van der Waals surface area contributed by atoms with Crippen LogP contribution in [0.4, 0.5) is 0 Å². The molecule has 9 heteroatoms. The zero-order valence-corrected chi connectivity index (χ0v) is 17.8. The lowest BCUT2D eigenvalue weighted by atomic mass is 10.2. The van der Waals surface area contributed by atoms with Crippen LogP contribution in [0.2, 0.25) is 0 Å². The number of ether oxygens (including phenoxy) is 3. The molecule has 0 aromatic heterocycles. The summed E-state index contributed by atoms with van der Waals surface area (Å²) in [5, 5.41) is 3.83. The van der Waals surface area contributed by atoms with E-state index in [9.17, 15) is 8.42 Å². The minimum Gasteiger partial charge on any atom is -0.497 e. The summed E-state index contributed by atoms with van der Waals surface area (Å²) in [6.07, 6.45) is 1.36. The second-order valence-corrected chi connectivity index (χ2v) is 8.24. The zero-order valence-electron chi connectivity index (χ0n) is 15.4. The number of hydrogen-bond donors (Lipinski definition) is 1. The van der Waals surface area contributed by atoms with Gasteiger partial charge >= 0.3 is 0 Å². The van der Waals surface area contributed by atoms with Gasteiger partial charge in [0, 0.05) is 0 Å². The lowest BCUT2D eigenvalue weighted by molar-refractivity contribution is 0.228. The van der Waals surface area contributed by atoms with Gasteiger partial charge in [0.15, 0.2) is 11.5 Å². The van der Waals surface area contributed by atoms with E-state index < -0.39 is 10.0 Å². The summed E-state index contributed by atoms with van der Waals surface area (Å²) in [6.45, 7) is 3.82. The molecular formula is C18H21BrN2O5S. The summed E-state index contributed by atoms with van der Waals surface area (Å²) >= 11 is 3.43. The highest BCUT2D eigenvalue weighted by molar-refractivity contribution is 9.10. The number of benzene rings is 2. The van der Waals surface area contributed by atoms with E-state index in [4.69, 9.17) is 14.2 Å². The number of nitrogens with zero attached hydrogens (tertiary/aromatic N) is 1. The molecule has 2 aromatic carbocycles. The highest BCUT2D eigenvalue weighted by atomic mass is 79.9. The molecule has 0 radical (unpaired) electrons. The number of sulfonamides is 1. The standard InChI is InChI=1S/C18H21BrN2O5S/c1-12(2)26-18-16(19)9-13(10-17(18)25-4)11-20-21-27(22,23)15-7-5-14(24-3)6-8-15/h5-12,21H,1-4H3/b20-11-. The van der Waals surface area contributed by atoms with Gasteiger partial charge in [0.05, 0.1) is 35.9 Å². The van der Waals surface area contributed by atoms with Crippen LogP contribution in [-0.2, 0) is 10.0 Å². The molecule has 0 unspecified atom stereocenters. The Labute approximate surface area is 167 Å². The van der Waals surface area contributed by atoms with Crippen molar-refractivity contribution in [3.05, 3.63) is 46.4 Å². The molecule has 0 aliphatic rings. The maximum absolute atomic E-state index is 12.3. The summed E-state index contributed by atoms with van der Waals surface area (Å²) in [5.74, 6) is 1.65. The van der Waals surface area contributed by atoms with Gasteiger partial charge in [-0.15, -0.1) is 0 Å². The largest absolute Gasteiger partial charge is 0.497 e. The fraction of sp³-hybridized carbons (Fsp3) is 0.278. The van der Waals surface area contributed by atoms with Crippen molar-refractivity contribution in [3.8, 4) is 17.2 Å². The number of hydrazone groups is 1. The average molecular weight is 457 g/mol. The lowest BCUT2D eigenvalue weighted by Gasteiger charge is -2.15. The molecule has 1 N–H and O–H groups in total. The van der Waals surface area contributed by atoms with Crippen LogP contribution in [0.3, 0.4) is 0 Å². The van der Waals surface area contributed by atoms with E-state index in [2.05, 4.69) is 25.9 Å². The first-order valence-electron chi connectivity index (χ1n) is 8.00. The Bertz CT molecular complexity index is 912. The predicted molar refractivity (Wildman–Crippen MR) is 107 cm³/mol. The Balaban J connectivity index is 2.18. The number of nitrogens with one attached hydrogen (secondary N) is 1. The van der Waals surface area contributed by atoms with Crippen molar-refractivity contribution in [1.29, 1.82) is 0 Å². The fourth-order valence-electron chi connectivity index (χ4n) is 2.14. The van der Waals surface area contributed by atoms with Gasteiger partial charge < -0.3 is 14.2 Å². The zero-order chi connectivity index (χ0) is 20.0.